The van der Waals surface area contributed by atoms with Crippen LogP contribution in [0.4, 0.5) is 0 Å². The lowest BCUT2D eigenvalue weighted by Gasteiger charge is -2.36. The van der Waals surface area contributed by atoms with Crippen LogP contribution in [-0.4, -0.2) is 44.5 Å². The largest absolute Gasteiger partial charge is 0.355 e. The predicted octanol–water partition coefficient (Wildman–Crippen LogP) is 1.60. The van der Waals surface area contributed by atoms with Gasteiger partial charge in [0, 0.05) is 19.6 Å². The quantitative estimate of drug-likeness (QED) is 0.770. The van der Waals surface area contributed by atoms with Gasteiger partial charge in [0.2, 0.25) is 5.91 Å². The van der Waals surface area contributed by atoms with Crippen LogP contribution >= 0.6 is 0 Å². The first-order valence-corrected chi connectivity index (χ1v) is 7.44. The molecule has 4 heteroatoms. The topological polar surface area (TPSA) is 58.4 Å². The van der Waals surface area contributed by atoms with Crippen LogP contribution in [0.3, 0.4) is 0 Å². The molecule has 3 N–H and O–H groups in total. The summed E-state index contributed by atoms with van der Waals surface area (Å²) in [6, 6.07) is 0. The SMILES string of the molecule is CN(C)CC(C)(C)CNC(=O)C1(CN)CCCCC1. The lowest BCUT2D eigenvalue weighted by Crippen LogP contribution is -2.50. The summed E-state index contributed by atoms with van der Waals surface area (Å²) in [4.78, 5) is 14.6. The third-order valence-corrected chi connectivity index (χ3v) is 4.15. The highest BCUT2D eigenvalue weighted by Crippen LogP contribution is 2.35. The van der Waals surface area contributed by atoms with E-state index in [-0.39, 0.29) is 16.7 Å². The highest BCUT2D eigenvalue weighted by Gasteiger charge is 2.38. The van der Waals surface area contributed by atoms with Gasteiger partial charge in [0.25, 0.3) is 0 Å². The first-order chi connectivity index (χ1) is 8.81. The van der Waals surface area contributed by atoms with Gasteiger partial charge in [-0.3, -0.25) is 4.79 Å². The van der Waals surface area contributed by atoms with Crippen molar-refractivity contribution in [1.29, 1.82) is 0 Å². The van der Waals surface area contributed by atoms with Gasteiger partial charge in [0.1, 0.15) is 0 Å². The fraction of sp³-hybridized carbons (Fsp3) is 0.933. The lowest BCUT2D eigenvalue weighted by molar-refractivity contribution is -0.132. The average molecular weight is 269 g/mol. The zero-order valence-corrected chi connectivity index (χ0v) is 13.1. The fourth-order valence-electron chi connectivity index (χ4n) is 3.17. The molecule has 0 saturated heterocycles. The first-order valence-electron chi connectivity index (χ1n) is 7.44. The molecule has 0 aromatic carbocycles. The Balaban J connectivity index is 2.53. The second-order valence-corrected chi connectivity index (χ2v) is 7.13. The van der Waals surface area contributed by atoms with E-state index in [1.54, 1.807) is 0 Å². The van der Waals surface area contributed by atoms with Crippen LogP contribution < -0.4 is 11.1 Å². The Morgan fingerprint density at radius 1 is 1.26 bits per heavy atom. The van der Waals surface area contributed by atoms with Crippen molar-refractivity contribution in [1.82, 2.24) is 10.2 Å². The molecule has 0 aliphatic heterocycles. The zero-order chi connectivity index (χ0) is 14.5. The van der Waals surface area contributed by atoms with Crippen molar-refractivity contribution < 1.29 is 4.79 Å². The van der Waals surface area contributed by atoms with Gasteiger partial charge >= 0.3 is 0 Å². The average Bonchev–Trinajstić information content (AvgIpc) is 2.35. The molecule has 1 aliphatic rings. The molecule has 19 heavy (non-hydrogen) atoms. The molecule has 0 radical (unpaired) electrons. The van der Waals surface area contributed by atoms with Crippen LogP contribution in [0.2, 0.25) is 0 Å². The highest BCUT2D eigenvalue weighted by atomic mass is 16.2. The molecule has 0 atom stereocenters. The summed E-state index contributed by atoms with van der Waals surface area (Å²) in [5.41, 5.74) is 5.68. The number of amides is 1. The highest BCUT2D eigenvalue weighted by molar-refractivity contribution is 5.83. The Hall–Kier alpha value is -0.610. The van der Waals surface area contributed by atoms with Crippen molar-refractivity contribution in [3.63, 3.8) is 0 Å². The summed E-state index contributed by atoms with van der Waals surface area (Å²) in [6.45, 7) is 6.52. The molecular weight excluding hydrogens is 238 g/mol. The Labute approximate surface area is 118 Å². The van der Waals surface area contributed by atoms with E-state index in [0.29, 0.717) is 13.1 Å². The second-order valence-electron chi connectivity index (χ2n) is 7.13. The zero-order valence-electron chi connectivity index (χ0n) is 13.1. The van der Waals surface area contributed by atoms with Crippen LogP contribution in [0.15, 0.2) is 0 Å². The third kappa shape index (κ3) is 4.77. The smallest absolute Gasteiger partial charge is 0.227 e. The molecule has 1 rings (SSSR count). The number of carbonyl (C=O) groups is 1. The molecule has 1 saturated carbocycles. The van der Waals surface area contributed by atoms with Crippen LogP contribution in [0.5, 0.6) is 0 Å². The van der Waals surface area contributed by atoms with E-state index >= 15 is 0 Å². The number of rotatable bonds is 6. The Bertz CT molecular complexity index is 294. The molecule has 4 nitrogen and oxygen atoms in total. The predicted molar refractivity (Wildman–Crippen MR) is 79.9 cm³/mol. The standard InChI is InChI=1S/C15H31N3O/c1-14(2,12-18(3)4)11-17-13(19)15(10-16)8-6-5-7-9-15/h5-12,16H2,1-4H3,(H,17,19). The maximum atomic E-state index is 12.5. The normalized spacial score (nSPS) is 19.5. The first kappa shape index (κ1) is 16.4. The van der Waals surface area contributed by atoms with Gasteiger partial charge < -0.3 is 16.0 Å². The summed E-state index contributed by atoms with van der Waals surface area (Å²) >= 11 is 0. The van der Waals surface area contributed by atoms with Crippen LogP contribution in [0.25, 0.3) is 0 Å². The number of nitrogens with one attached hydrogen (secondary N) is 1. The van der Waals surface area contributed by atoms with Gasteiger partial charge in [0.05, 0.1) is 5.41 Å². The number of carbonyl (C=O) groups excluding carboxylic acids is 1. The number of hydrogen-bond donors (Lipinski definition) is 2. The minimum absolute atomic E-state index is 0.0869. The van der Waals surface area contributed by atoms with Crippen molar-refractivity contribution in [2.75, 3.05) is 33.7 Å². The van der Waals surface area contributed by atoms with E-state index in [1.165, 1.54) is 6.42 Å². The van der Waals surface area contributed by atoms with Gasteiger partial charge in [-0.2, -0.15) is 0 Å². The maximum absolute atomic E-state index is 12.5. The molecule has 0 heterocycles. The van der Waals surface area contributed by atoms with E-state index in [0.717, 1.165) is 32.2 Å². The summed E-state index contributed by atoms with van der Waals surface area (Å²) in [5, 5.41) is 3.14. The Morgan fingerprint density at radius 3 is 2.32 bits per heavy atom. The van der Waals surface area contributed by atoms with E-state index < -0.39 is 0 Å². The van der Waals surface area contributed by atoms with Crippen molar-refractivity contribution >= 4 is 5.91 Å². The summed E-state index contributed by atoms with van der Waals surface area (Å²) in [5.74, 6) is 0.168. The molecule has 0 bridgehead atoms. The Morgan fingerprint density at radius 2 is 1.84 bits per heavy atom. The lowest BCUT2D eigenvalue weighted by atomic mass is 9.73. The number of nitrogens with two attached hydrogens (primary N) is 1. The maximum Gasteiger partial charge on any atom is 0.227 e. The molecule has 1 fully saturated rings. The summed E-state index contributed by atoms with van der Waals surface area (Å²) in [6.07, 6.45) is 5.39. The molecule has 1 aliphatic carbocycles. The monoisotopic (exact) mass is 269 g/mol. The van der Waals surface area contributed by atoms with Crippen molar-refractivity contribution in [3.05, 3.63) is 0 Å². The molecule has 0 aromatic rings. The minimum Gasteiger partial charge on any atom is -0.355 e. The molecule has 1 amide bonds. The van der Waals surface area contributed by atoms with Gasteiger partial charge in [0.15, 0.2) is 0 Å². The van der Waals surface area contributed by atoms with Gasteiger partial charge in [-0.25, -0.2) is 0 Å². The van der Waals surface area contributed by atoms with E-state index in [1.807, 2.05) is 0 Å². The third-order valence-electron chi connectivity index (χ3n) is 4.15. The van der Waals surface area contributed by atoms with Gasteiger partial charge in [-0.05, 0) is 32.4 Å². The minimum atomic E-state index is -0.299. The van der Waals surface area contributed by atoms with Gasteiger partial charge in [-0.1, -0.05) is 33.1 Å². The van der Waals surface area contributed by atoms with E-state index in [2.05, 4.69) is 38.2 Å². The van der Waals surface area contributed by atoms with Crippen LogP contribution in [-0.2, 0) is 4.79 Å². The van der Waals surface area contributed by atoms with E-state index in [4.69, 9.17) is 5.73 Å². The van der Waals surface area contributed by atoms with E-state index in [9.17, 15) is 4.79 Å². The second kappa shape index (κ2) is 6.71. The molecule has 0 unspecified atom stereocenters. The van der Waals surface area contributed by atoms with Crippen molar-refractivity contribution in [2.24, 2.45) is 16.6 Å². The fourth-order valence-corrected chi connectivity index (χ4v) is 3.17. The van der Waals surface area contributed by atoms with Gasteiger partial charge in [-0.15, -0.1) is 0 Å². The summed E-state index contributed by atoms with van der Waals surface area (Å²) in [7, 11) is 4.12. The summed E-state index contributed by atoms with van der Waals surface area (Å²) < 4.78 is 0. The Kier molecular flexibility index (Phi) is 5.81. The van der Waals surface area contributed by atoms with Crippen molar-refractivity contribution in [3.8, 4) is 0 Å². The van der Waals surface area contributed by atoms with Crippen molar-refractivity contribution in [2.45, 2.75) is 46.0 Å². The number of nitrogens with zero attached hydrogens (tertiary/aromatic N) is 1. The molecule has 0 aromatic heterocycles. The van der Waals surface area contributed by atoms with Crippen LogP contribution in [0, 0.1) is 10.8 Å². The molecule has 0 spiro atoms. The molecular formula is C15H31N3O. The molecule has 112 valence electrons. The van der Waals surface area contributed by atoms with Crippen LogP contribution in [0.1, 0.15) is 46.0 Å². The number of hydrogen-bond acceptors (Lipinski definition) is 3.